The zero-order chi connectivity index (χ0) is 19.2. The third kappa shape index (κ3) is 4.67. The molecule has 2 saturated heterocycles. The van der Waals surface area contributed by atoms with Crippen LogP contribution >= 0.6 is 0 Å². The van der Waals surface area contributed by atoms with E-state index in [0.29, 0.717) is 31.5 Å². The number of likely N-dealkylation sites (tertiary alicyclic amines) is 2. The van der Waals surface area contributed by atoms with E-state index in [1.807, 2.05) is 6.92 Å². The summed E-state index contributed by atoms with van der Waals surface area (Å²) in [6.07, 6.45) is 4.25. The van der Waals surface area contributed by atoms with Crippen molar-refractivity contribution in [3.63, 3.8) is 0 Å². The van der Waals surface area contributed by atoms with Crippen LogP contribution in [0.2, 0.25) is 0 Å². The molecule has 0 spiro atoms. The number of carbonyl (C=O) groups is 2. The van der Waals surface area contributed by atoms with E-state index >= 15 is 0 Å². The van der Waals surface area contributed by atoms with Crippen LogP contribution in [0.1, 0.15) is 50.6 Å². The number of hydrogen-bond acceptors (Lipinski definition) is 3. The van der Waals surface area contributed by atoms with Gasteiger partial charge in [0.2, 0.25) is 11.8 Å². The largest absolute Gasteiger partial charge is 0.356 e. The van der Waals surface area contributed by atoms with Crippen LogP contribution in [0.25, 0.3) is 0 Å². The van der Waals surface area contributed by atoms with Gasteiger partial charge in [0.15, 0.2) is 0 Å². The molecule has 1 aromatic carbocycles. The van der Waals surface area contributed by atoms with E-state index in [1.165, 1.54) is 18.9 Å². The average Bonchev–Trinajstić information content (AvgIpc) is 3.19. The van der Waals surface area contributed by atoms with Crippen molar-refractivity contribution in [2.24, 2.45) is 5.92 Å². The van der Waals surface area contributed by atoms with Crippen LogP contribution in [0.15, 0.2) is 24.3 Å². The Morgan fingerprint density at radius 2 is 2.00 bits per heavy atom. The first-order valence-electron chi connectivity index (χ1n) is 10.2. The van der Waals surface area contributed by atoms with Crippen LogP contribution in [0.5, 0.6) is 0 Å². The maximum Gasteiger partial charge on any atom is 0.225 e. The highest BCUT2D eigenvalue weighted by Gasteiger charge is 2.40. The van der Waals surface area contributed by atoms with Gasteiger partial charge in [0, 0.05) is 25.1 Å². The van der Waals surface area contributed by atoms with Crippen LogP contribution in [0, 0.1) is 11.7 Å². The number of halogens is 1. The smallest absolute Gasteiger partial charge is 0.225 e. The number of nitrogens with one attached hydrogen (secondary N) is 1. The molecule has 2 aliphatic rings. The van der Waals surface area contributed by atoms with E-state index in [4.69, 9.17) is 0 Å². The topological polar surface area (TPSA) is 52.7 Å². The quantitative estimate of drug-likeness (QED) is 0.746. The number of piperidine rings is 1. The van der Waals surface area contributed by atoms with Crippen molar-refractivity contribution in [3.8, 4) is 0 Å². The number of amides is 2. The molecule has 1 N–H and O–H groups in total. The molecule has 2 aliphatic heterocycles. The maximum absolute atomic E-state index is 14.5. The highest BCUT2D eigenvalue weighted by Crippen LogP contribution is 2.37. The van der Waals surface area contributed by atoms with Crippen molar-refractivity contribution in [1.82, 2.24) is 15.1 Å². The number of rotatable bonds is 7. The van der Waals surface area contributed by atoms with Gasteiger partial charge < -0.3 is 15.1 Å². The van der Waals surface area contributed by atoms with E-state index in [0.717, 1.165) is 26.1 Å². The summed E-state index contributed by atoms with van der Waals surface area (Å²) in [6.45, 7) is 6.27. The summed E-state index contributed by atoms with van der Waals surface area (Å²) in [7, 11) is 0. The summed E-state index contributed by atoms with van der Waals surface area (Å²) in [4.78, 5) is 29.3. The molecule has 0 saturated carbocycles. The molecule has 3 rings (SSSR count). The van der Waals surface area contributed by atoms with Crippen LogP contribution in [0.3, 0.4) is 0 Å². The summed E-state index contributed by atoms with van der Waals surface area (Å²) in [6, 6.07) is 5.95. The number of benzene rings is 1. The van der Waals surface area contributed by atoms with Crippen molar-refractivity contribution in [3.05, 3.63) is 35.6 Å². The molecule has 0 radical (unpaired) electrons. The lowest BCUT2D eigenvalue weighted by Gasteiger charge is -2.40. The lowest BCUT2D eigenvalue weighted by molar-refractivity contribution is -0.143. The third-order valence-corrected chi connectivity index (χ3v) is 5.76. The van der Waals surface area contributed by atoms with E-state index in [1.54, 1.807) is 23.1 Å². The molecule has 148 valence electrons. The van der Waals surface area contributed by atoms with E-state index in [2.05, 4.69) is 10.2 Å². The van der Waals surface area contributed by atoms with Crippen LogP contribution < -0.4 is 5.32 Å². The predicted octanol–water partition coefficient (Wildman–Crippen LogP) is 2.73. The first kappa shape index (κ1) is 19.8. The van der Waals surface area contributed by atoms with Crippen molar-refractivity contribution in [1.29, 1.82) is 0 Å². The second-order valence-corrected chi connectivity index (χ2v) is 7.48. The maximum atomic E-state index is 14.5. The second-order valence-electron chi connectivity index (χ2n) is 7.48. The number of nitrogens with zero attached hydrogens (tertiary/aromatic N) is 2. The molecule has 6 heteroatoms. The van der Waals surface area contributed by atoms with Gasteiger partial charge in [-0.1, -0.05) is 18.2 Å². The lowest BCUT2D eigenvalue weighted by atomic mass is 9.83. The number of carbonyl (C=O) groups excluding carboxylic acids is 2. The Balaban J connectivity index is 1.66. The molecule has 5 nitrogen and oxygen atoms in total. The average molecular weight is 375 g/mol. The Kier molecular flexibility index (Phi) is 6.83. The molecule has 0 bridgehead atoms. The highest BCUT2D eigenvalue weighted by molar-refractivity contribution is 5.85. The van der Waals surface area contributed by atoms with E-state index in [-0.39, 0.29) is 17.6 Å². The highest BCUT2D eigenvalue weighted by atomic mass is 19.1. The lowest BCUT2D eigenvalue weighted by Crippen LogP contribution is -2.48. The normalized spacial score (nSPS) is 23.6. The minimum Gasteiger partial charge on any atom is -0.356 e. The first-order valence-corrected chi connectivity index (χ1v) is 10.2. The molecule has 27 heavy (non-hydrogen) atoms. The minimum atomic E-state index is -0.531. The van der Waals surface area contributed by atoms with Gasteiger partial charge in [-0.2, -0.15) is 0 Å². The number of hydrogen-bond donors (Lipinski definition) is 1. The molecular formula is C21H30FN3O2. The van der Waals surface area contributed by atoms with Gasteiger partial charge in [-0.05, 0) is 58.3 Å². The van der Waals surface area contributed by atoms with E-state index in [9.17, 15) is 14.0 Å². The predicted molar refractivity (Wildman–Crippen MR) is 103 cm³/mol. The molecule has 1 aromatic rings. The fourth-order valence-corrected chi connectivity index (χ4v) is 4.35. The van der Waals surface area contributed by atoms with Crippen molar-refractivity contribution in [2.45, 2.75) is 45.1 Å². The minimum absolute atomic E-state index is 0.0103. The van der Waals surface area contributed by atoms with Crippen LogP contribution in [-0.4, -0.2) is 54.3 Å². The van der Waals surface area contributed by atoms with Gasteiger partial charge in [-0.15, -0.1) is 0 Å². The molecule has 0 unspecified atom stereocenters. The second kappa shape index (κ2) is 9.31. The summed E-state index contributed by atoms with van der Waals surface area (Å²) in [5.74, 6) is -0.853. The van der Waals surface area contributed by atoms with Gasteiger partial charge in [0.1, 0.15) is 5.82 Å². The van der Waals surface area contributed by atoms with Crippen LogP contribution in [-0.2, 0) is 9.59 Å². The first-order chi connectivity index (χ1) is 13.1. The SMILES string of the molecule is CCN1C(=O)CC[C@@H](C(=O)NCCCN2CCCC2)[C@@H]1c1ccccc1F. The third-order valence-electron chi connectivity index (χ3n) is 5.76. The van der Waals surface area contributed by atoms with Crippen molar-refractivity contribution >= 4 is 11.8 Å². The van der Waals surface area contributed by atoms with Gasteiger partial charge >= 0.3 is 0 Å². The Morgan fingerprint density at radius 1 is 1.26 bits per heavy atom. The van der Waals surface area contributed by atoms with Crippen molar-refractivity contribution < 1.29 is 14.0 Å². The molecule has 0 aliphatic carbocycles. The molecule has 2 fully saturated rings. The van der Waals surface area contributed by atoms with Crippen molar-refractivity contribution in [2.75, 3.05) is 32.7 Å². The fourth-order valence-electron chi connectivity index (χ4n) is 4.35. The summed E-state index contributed by atoms with van der Waals surface area (Å²) >= 11 is 0. The van der Waals surface area contributed by atoms with Gasteiger partial charge in [-0.25, -0.2) is 4.39 Å². The molecule has 2 atom stereocenters. The zero-order valence-corrected chi connectivity index (χ0v) is 16.1. The summed E-state index contributed by atoms with van der Waals surface area (Å²) < 4.78 is 14.5. The van der Waals surface area contributed by atoms with Crippen LogP contribution in [0.4, 0.5) is 4.39 Å². The van der Waals surface area contributed by atoms with E-state index < -0.39 is 12.0 Å². The summed E-state index contributed by atoms with van der Waals surface area (Å²) in [5, 5.41) is 3.03. The summed E-state index contributed by atoms with van der Waals surface area (Å²) in [5.41, 5.74) is 0.435. The Morgan fingerprint density at radius 3 is 2.70 bits per heavy atom. The monoisotopic (exact) mass is 375 g/mol. The zero-order valence-electron chi connectivity index (χ0n) is 16.1. The van der Waals surface area contributed by atoms with Gasteiger partial charge in [0.25, 0.3) is 0 Å². The standard InChI is InChI=1S/C21H30FN3O2/c1-2-25-19(26)11-10-17(20(25)16-8-3-4-9-18(16)22)21(27)23-12-7-15-24-13-5-6-14-24/h3-4,8-9,17,20H,2,5-7,10-15H2,1H3,(H,23,27)/t17-,20+/m1/s1. The molecule has 2 amide bonds. The molecular weight excluding hydrogens is 345 g/mol. The molecule has 2 heterocycles. The Bertz CT molecular complexity index is 661. The Hall–Kier alpha value is -1.95. The van der Waals surface area contributed by atoms with Gasteiger partial charge in [-0.3, -0.25) is 9.59 Å². The Labute approximate surface area is 160 Å². The van der Waals surface area contributed by atoms with Gasteiger partial charge in [0.05, 0.1) is 12.0 Å². The fraction of sp³-hybridized carbons (Fsp3) is 0.619. The molecule has 0 aromatic heterocycles.